The molecule has 0 heterocycles. The Bertz CT molecular complexity index is 967. The zero-order valence-electron chi connectivity index (χ0n) is 18.2. The SMILES string of the molecule is COc1ccc(/C=C/C(=O)NNC(=O)COc2ccc(C(C)(C)C)cc2Br)cc1OC. The van der Waals surface area contributed by atoms with Crippen molar-refractivity contribution in [1.29, 1.82) is 0 Å². The highest BCUT2D eigenvalue weighted by Crippen LogP contribution is 2.31. The van der Waals surface area contributed by atoms with Crippen LogP contribution in [0, 0.1) is 0 Å². The van der Waals surface area contributed by atoms with Crippen LogP contribution in [-0.2, 0) is 15.0 Å². The van der Waals surface area contributed by atoms with Crippen molar-refractivity contribution in [3.05, 3.63) is 58.1 Å². The molecule has 2 rings (SSSR count). The summed E-state index contributed by atoms with van der Waals surface area (Å²) in [7, 11) is 3.08. The predicted octanol–water partition coefficient (Wildman–Crippen LogP) is 4.00. The van der Waals surface area contributed by atoms with Crippen molar-refractivity contribution in [2.45, 2.75) is 26.2 Å². The van der Waals surface area contributed by atoms with Crippen LogP contribution in [0.15, 0.2) is 46.9 Å². The molecule has 2 aromatic carbocycles. The molecule has 0 aliphatic carbocycles. The van der Waals surface area contributed by atoms with E-state index in [0.717, 1.165) is 15.6 Å². The van der Waals surface area contributed by atoms with Gasteiger partial charge in [0.25, 0.3) is 11.8 Å². The first-order valence-electron chi connectivity index (χ1n) is 9.56. The number of hydrogen-bond acceptors (Lipinski definition) is 5. The Morgan fingerprint density at radius 3 is 2.26 bits per heavy atom. The van der Waals surface area contributed by atoms with Crippen LogP contribution >= 0.6 is 15.9 Å². The number of ether oxygens (including phenoxy) is 3. The molecule has 2 amide bonds. The van der Waals surface area contributed by atoms with Gasteiger partial charge in [-0.05, 0) is 62.8 Å². The zero-order chi connectivity index (χ0) is 23.0. The van der Waals surface area contributed by atoms with Crippen LogP contribution in [0.3, 0.4) is 0 Å². The molecular weight excluding hydrogens is 464 g/mol. The second kappa shape index (κ2) is 10.9. The Labute approximate surface area is 190 Å². The summed E-state index contributed by atoms with van der Waals surface area (Å²) in [5, 5.41) is 0. The maximum Gasteiger partial charge on any atom is 0.276 e. The lowest BCUT2D eigenvalue weighted by molar-refractivity contribution is -0.128. The van der Waals surface area contributed by atoms with Gasteiger partial charge in [-0.2, -0.15) is 0 Å². The second-order valence-corrected chi connectivity index (χ2v) is 8.52. The third-order valence-corrected chi connectivity index (χ3v) is 4.94. The average Bonchev–Trinajstić information content (AvgIpc) is 2.74. The third-order valence-electron chi connectivity index (χ3n) is 4.32. The number of methoxy groups -OCH3 is 2. The lowest BCUT2D eigenvalue weighted by Crippen LogP contribution is -2.43. The smallest absolute Gasteiger partial charge is 0.276 e. The number of hydrazine groups is 1. The van der Waals surface area contributed by atoms with Crippen LogP contribution in [-0.4, -0.2) is 32.6 Å². The van der Waals surface area contributed by atoms with E-state index in [2.05, 4.69) is 47.6 Å². The minimum absolute atomic E-state index is 0.00712. The predicted molar refractivity (Wildman–Crippen MR) is 123 cm³/mol. The number of hydrogen-bond donors (Lipinski definition) is 2. The van der Waals surface area contributed by atoms with Gasteiger partial charge < -0.3 is 14.2 Å². The molecule has 7 nitrogen and oxygen atoms in total. The second-order valence-electron chi connectivity index (χ2n) is 7.67. The van der Waals surface area contributed by atoms with Crippen LogP contribution in [0.4, 0.5) is 0 Å². The van der Waals surface area contributed by atoms with E-state index in [9.17, 15) is 9.59 Å². The number of benzene rings is 2. The van der Waals surface area contributed by atoms with Gasteiger partial charge >= 0.3 is 0 Å². The number of halogens is 1. The zero-order valence-corrected chi connectivity index (χ0v) is 19.8. The Hall–Kier alpha value is -3.00. The normalized spacial score (nSPS) is 11.2. The van der Waals surface area contributed by atoms with Crippen LogP contribution in [0.1, 0.15) is 31.9 Å². The average molecular weight is 491 g/mol. The molecule has 0 atom stereocenters. The van der Waals surface area contributed by atoms with E-state index in [1.165, 1.54) is 13.2 Å². The molecule has 0 fully saturated rings. The van der Waals surface area contributed by atoms with Crippen molar-refractivity contribution in [2.24, 2.45) is 0 Å². The van der Waals surface area contributed by atoms with Gasteiger partial charge in [0.05, 0.1) is 18.7 Å². The van der Waals surface area contributed by atoms with E-state index in [-0.39, 0.29) is 12.0 Å². The van der Waals surface area contributed by atoms with Crippen molar-refractivity contribution in [2.75, 3.05) is 20.8 Å². The first kappa shape index (κ1) is 24.3. The summed E-state index contributed by atoms with van der Waals surface area (Å²) in [6, 6.07) is 11.0. The lowest BCUT2D eigenvalue weighted by atomic mass is 9.87. The van der Waals surface area contributed by atoms with Crippen molar-refractivity contribution in [3.63, 3.8) is 0 Å². The Morgan fingerprint density at radius 2 is 1.65 bits per heavy atom. The van der Waals surface area contributed by atoms with Gasteiger partial charge in [-0.15, -0.1) is 0 Å². The van der Waals surface area contributed by atoms with E-state index in [0.29, 0.717) is 17.2 Å². The molecule has 0 aromatic heterocycles. The molecule has 166 valence electrons. The highest BCUT2D eigenvalue weighted by atomic mass is 79.9. The number of rotatable bonds is 7. The first-order chi connectivity index (χ1) is 14.6. The van der Waals surface area contributed by atoms with E-state index >= 15 is 0 Å². The molecule has 0 spiro atoms. The van der Waals surface area contributed by atoms with E-state index in [1.807, 2.05) is 18.2 Å². The molecule has 2 aromatic rings. The van der Waals surface area contributed by atoms with Gasteiger partial charge in [-0.1, -0.05) is 32.9 Å². The molecule has 0 bridgehead atoms. The molecule has 0 unspecified atom stereocenters. The van der Waals surface area contributed by atoms with Gasteiger partial charge in [-0.25, -0.2) is 0 Å². The fourth-order valence-electron chi connectivity index (χ4n) is 2.57. The fraction of sp³-hybridized carbons (Fsp3) is 0.304. The van der Waals surface area contributed by atoms with Crippen molar-refractivity contribution >= 4 is 33.8 Å². The monoisotopic (exact) mass is 490 g/mol. The molecule has 8 heteroatoms. The van der Waals surface area contributed by atoms with Gasteiger partial charge in [0.15, 0.2) is 18.1 Å². The largest absolute Gasteiger partial charge is 0.493 e. The number of carbonyl (C=O) groups is 2. The summed E-state index contributed by atoms with van der Waals surface area (Å²) >= 11 is 3.46. The molecule has 0 saturated heterocycles. The van der Waals surface area contributed by atoms with Crippen molar-refractivity contribution in [3.8, 4) is 17.2 Å². The molecule has 2 N–H and O–H groups in total. The standard InChI is InChI=1S/C23H27BrN2O5/c1-23(2,3)16-8-10-18(17(24)13-16)31-14-22(28)26-25-21(27)11-7-15-6-9-19(29-4)20(12-15)30-5/h6-13H,14H2,1-5H3,(H,25,27)(H,26,28)/b11-7+. The van der Waals surface area contributed by atoms with Crippen LogP contribution in [0.25, 0.3) is 6.08 Å². The van der Waals surface area contributed by atoms with Gasteiger partial charge in [0, 0.05) is 6.08 Å². The van der Waals surface area contributed by atoms with E-state index < -0.39 is 11.8 Å². The molecular formula is C23H27BrN2O5. The Kier molecular flexibility index (Phi) is 8.50. The lowest BCUT2D eigenvalue weighted by Gasteiger charge is -2.20. The van der Waals surface area contributed by atoms with Gasteiger partial charge in [0.2, 0.25) is 0 Å². The molecule has 0 aliphatic rings. The molecule has 31 heavy (non-hydrogen) atoms. The fourth-order valence-corrected chi connectivity index (χ4v) is 3.06. The van der Waals surface area contributed by atoms with E-state index in [4.69, 9.17) is 14.2 Å². The van der Waals surface area contributed by atoms with Crippen LogP contribution < -0.4 is 25.1 Å². The summed E-state index contributed by atoms with van der Waals surface area (Å²) in [5.41, 5.74) is 6.51. The minimum atomic E-state index is -0.487. The molecule has 0 aliphatic heterocycles. The Morgan fingerprint density at radius 1 is 0.968 bits per heavy atom. The van der Waals surface area contributed by atoms with Crippen LogP contribution in [0.5, 0.6) is 17.2 Å². The summed E-state index contributed by atoms with van der Waals surface area (Å²) in [6.45, 7) is 6.11. The van der Waals surface area contributed by atoms with E-state index in [1.54, 1.807) is 31.4 Å². The maximum absolute atomic E-state index is 12.0. The summed E-state index contributed by atoms with van der Waals surface area (Å²) in [6.07, 6.45) is 2.89. The van der Waals surface area contributed by atoms with Crippen molar-refractivity contribution in [1.82, 2.24) is 10.9 Å². The summed E-state index contributed by atoms with van der Waals surface area (Å²) in [5.74, 6) is 0.717. The minimum Gasteiger partial charge on any atom is -0.493 e. The number of carbonyl (C=O) groups excluding carboxylic acids is 2. The quantitative estimate of drug-likeness (QED) is 0.452. The summed E-state index contributed by atoms with van der Waals surface area (Å²) < 4.78 is 16.7. The van der Waals surface area contributed by atoms with Gasteiger partial charge in [-0.3, -0.25) is 20.4 Å². The third kappa shape index (κ3) is 7.32. The number of nitrogens with one attached hydrogen (secondary N) is 2. The topological polar surface area (TPSA) is 85.9 Å². The molecule has 0 saturated carbocycles. The highest BCUT2D eigenvalue weighted by Gasteiger charge is 2.15. The van der Waals surface area contributed by atoms with Gasteiger partial charge in [0.1, 0.15) is 5.75 Å². The Balaban J connectivity index is 1.83. The van der Waals surface area contributed by atoms with Crippen LogP contribution in [0.2, 0.25) is 0 Å². The number of amides is 2. The summed E-state index contributed by atoms with van der Waals surface area (Å²) in [4.78, 5) is 23.9. The first-order valence-corrected chi connectivity index (χ1v) is 10.3. The maximum atomic E-state index is 12.0. The molecule has 0 radical (unpaired) electrons. The highest BCUT2D eigenvalue weighted by molar-refractivity contribution is 9.10. The van der Waals surface area contributed by atoms with Crippen molar-refractivity contribution < 1.29 is 23.8 Å².